The van der Waals surface area contributed by atoms with Gasteiger partial charge in [-0.1, -0.05) is 6.92 Å². The van der Waals surface area contributed by atoms with Crippen LogP contribution < -0.4 is 10.6 Å². The molecule has 160 valence electrons. The van der Waals surface area contributed by atoms with Crippen LogP contribution in [0.25, 0.3) is 0 Å². The van der Waals surface area contributed by atoms with E-state index in [1.54, 1.807) is 24.3 Å². The Morgan fingerprint density at radius 3 is 2.40 bits per heavy atom. The quantitative estimate of drug-likeness (QED) is 0.539. The van der Waals surface area contributed by atoms with Gasteiger partial charge in [-0.15, -0.1) is 0 Å². The number of amides is 2. The summed E-state index contributed by atoms with van der Waals surface area (Å²) in [6.07, 6.45) is 2.02. The minimum atomic E-state index is -0.660. The van der Waals surface area contributed by atoms with Crippen molar-refractivity contribution >= 4 is 29.4 Å². The normalized spacial score (nSPS) is 10.2. The van der Waals surface area contributed by atoms with Gasteiger partial charge in [-0.05, 0) is 42.8 Å². The number of hydrogen-bond donors (Lipinski definition) is 2. The molecule has 1 aromatic carbocycles. The minimum absolute atomic E-state index is 0.0588. The molecule has 2 N–H and O–H groups in total. The fraction of sp³-hybridized carbons (Fsp3) is 0.333. The van der Waals surface area contributed by atoms with Gasteiger partial charge in [-0.25, -0.2) is 4.79 Å². The number of esters is 2. The maximum absolute atomic E-state index is 11.9. The van der Waals surface area contributed by atoms with Gasteiger partial charge in [-0.2, -0.15) is 0 Å². The second kappa shape index (κ2) is 12.1. The number of hydrogen-bond acceptors (Lipinski definition) is 7. The fourth-order valence-corrected chi connectivity index (χ4v) is 2.29. The van der Waals surface area contributed by atoms with Crippen LogP contribution in [0.3, 0.4) is 0 Å². The highest BCUT2D eigenvalue weighted by Crippen LogP contribution is 2.11. The Hall–Kier alpha value is -3.62. The van der Waals surface area contributed by atoms with Crippen LogP contribution in [-0.4, -0.2) is 37.0 Å². The molecule has 2 amide bonds. The van der Waals surface area contributed by atoms with E-state index in [0.29, 0.717) is 23.6 Å². The van der Waals surface area contributed by atoms with Crippen molar-refractivity contribution in [1.29, 1.82) is 0 Å². The van der Waals surface area contributed by atoms with E-state index < -0.39 is 24.5 Å². The van der Waals surface area contributed by atoms with Crippen molar-refractivity contribution in [1.82, 2.24) is 5.32 Å². The highest BCUT2D eigenvalue weighted by atomic mass is 16.5. The molecule has 0 unspecified atom stereocenters. The molecule has 2 rings (SSSR count). The van der Waals surface area contributed by atoms with Crippen LogP contribution in [0.5, 0.6) is 0 Å². The summed E-state index contributed by atoms with van der Waals surface area (Å²) in [4.78, 5) is 47.0. The zero-order chi connectivity index (χ0) is 21.8. The molecule has 2 aromatic rings. The predicted octanol–water partition coefficient (Wildman–Crippen LogP) is 2.42. The highest BCUT2D eigenvalue weighted by Gasteiger charge is 2.12. The van der Waals surface area contributed by atoms with Crippen molar-refractivity contribution in [3.63, 3.8) is 0 Å². The number of ether oxygens (including phenoxy) is 2. The van der Waals surface area contributed by atoms with Crippen molar-refractivity contribution in [2.75, 3.05) is 18.5 Å². The molecule has 0 fully saturated rings. The van der Waals surface area contributed by atoms with Crippen molar-refractivity contribution in [2.24, 2.45) is 0 Å². The number of carbonyl (C=O) groups excluding carboxylic acids is 4. The third-order valence-electron chi connectivity index (χ3n) is 3.80. The number of benzene rings is 1. The molecule has 0 aliphatic rings. The van der Waals surface area contributed by atoms with Gasteiger partial charge in [0.1, 0.15) is 5.76 Å². The smallest absolute Gasteiger partial charge is 0.338 e. The first-order chi connectivity index (χ1) is 14.5. The van der Waals surface area contributed by atoms with Gasteiger partial charge in [0.25, 0.3) is 5.91 Å². The molecule has 9 heteroatoms. The van der Waals surface area contributed by atoms with Crippen LogP contribution in [0, 0.1) is 0 Å². The molecule has 1 aromatic heterocycles. The van der Waals surface area contributed by atoms with Gasteiger partial charge in [0.05, 0.1) is 31.4 Å². The van der Waals surface area contributed by atoms with Crippen LogP contribution in [0.15, 0.2) is 47.1 Å². The first-order valence-corrected chi connectivity index (χ1v) is 9.49. The zero-order valence-electron chi connectivity index (χ0n) is 16.6. The molecule has 0 bridgehead atoms. The van der Waals surface area contributed by atoms with Gasteiger partial charge in [0.2, 0.25) is 5.91 Å². The topological polar surface area (TPSA) is 124 Å². The van der Waals surface area contributed by atoms with E-state index in [-0.39, 0.29) is 25.3 Å². The Balaban J connectivity index is 1.64. The number of anilines is 1. The summed E-state index contributed by atoms with van der Waals surface area (Å²) in [5.74, 6) is -1.35. The molecule has 0 atom stereocenters. The lowest BCUT2D eigenvalue weighted by Gasteiger charge is -2.08. The molecular formula is C21H24N2O7. The van der Waals surface area contributed by atoms with Crippen LogP contribution in [0.2, 0.25) is 0 Å². The number of furan rings is 1. The molecule has 0 saturated carbocycles. The van der Waals surface area contributed by atoms with Gasteiger partial charge < -0.3 is 24.5 Å². The predicted molar refractivity (Wildman–Crippen MR) is 106 cm³/mol. The lowest BCUT2D eigenvalue weighted by molar-refractivity contribution is -0.148. The van der Waals surface area contributed by atoms with E-state index in [2.05, 4.69) is 10.6 Å². The van der Waals surface area contributed by atoms with Gasteiger partial charge >= 0.3 is 11.9 Å². The number of rotatable bonds is 11. The Bertz CT molecular complexity index is 845. The summed E-state index contributed by atoms with van der Waals surface area (Å²) in [5, 5.41) is 5.16. The van der Waals surface area contributed by atoms with Gasteiger partial charge in [-0.3, -0.25) is 14.4 Å². The first-order valence-electron chi connectivity index (χ1n) is 9.49. The number of nitrogens with one attached hydrogen (secondary N) is 2. The summed E-state index contributed by atoms with van der Waals surface area (Å²) < 4.78 is 15.0. The Morgan fingerprint density at radius 2 is 1.73 bits per heavy atom. The van der Waals surface area contributed by atoms with Crippen molar-refractivity contribution in [2.45, 2.75) is 32.7 Å². The van der Waals surface area contributed by atoms with Crippen molar-refractivity contribution in [3.8, 4) is 0 Å². The maximum Gasteiger partial charge on any atom is 0.338 e. The van der Waals surface area contributed by atoms with E-state index in [1.165, 1.54) is 18.4 Å². The Morgan fingerprint density at radius 1 is 0.967 bits per heavy atom. The number of carbonyl (C=O) groups is 4. The van der Waals surface area contributed by atoms with E-state index in [4.69, 9.17) is 13.9 Å². The van der Waals surface area contributed by atoms with Gasteiger partial charge in [0, 0.05) is 12.1 Å². The van der Waals surface area contributed by atoms with Gasteiger partial charge in [0.15, 0.2) is 6.61 Å². The Kier molecular flexibility index (Phi) is 9.11. The molecule has 0 spiro atoms. The molecule has 0 aliphatic carbocycles. The monoisotopic (exact) mass is 416 g/mol. The summed E-state index contributed by atoms with van der Waals surface area (Å²) in [6.45, 7) is 2.00. The largest absolute Gasteiger partial charge is 0.467 e. The summed E-state index contributed by atoms with van der Waals surface area (Å²) >= 11 is 0. The lowest BCUT2D eigenvalue weighted by Crippen LogP contribution is -2.24. The lowest BCUT2D eigenvalue weighted by atomic mass is 10.2. The van der Waals surface area contributed by atoms with Crippen molar-refractivity contribution in [3.05, 3.63) is 54.0 Å². The van der Waals surface area contributed by atoms with Crippen LogP contribution in [0.1, 0.15) is 42.3 Å². The Labute approximate surface area is 173 Å². The fourth-order valence-electron chi connectivity index (χ4n) is 2.29. The minimum Gasteiger partial charge on any atom is -0.467 e. The van der Waals surface area contributed by atoms with E-state index in [1.807, 2.05) is 6.92 Å². The third-order valence-corrected chi connectivity index (χ3v) is 3.80. The average Bonchev–Trinajstić information content (AvgIpc) is 3.27. The second-order valence-electron chi connectivity index (χ2n) is 6.28. The van der Waals surface area contributed by atoms with E-state index in [0.717, 1.165) is 6.42 Å². The average molecular weight is 416 g/mol. The summed E-state index contributed by atoms with van der Waals surface area (Å²) in [6, 6.07) is 9.58. The summed E-state index contributed by atoms with van der Waals surface area (Å²) in [5.41, 5.74) is 0.818. The summed E-state index contributed by atoms with van der Waals surface area (Å²) in [7, 11) is 0. The van der Waals surface area contributed by atoms with E-state index in [9.17, 15) is 19.2 Å². The molecule has 30 heavy (non-hydrogen) atoms. The third kappa shape index (κ3) is 8.17. The first kappa shape index (κ1) is 22.7. The SMILES string of the molecule is CCCOC(=O)c1ccc(NC(=O)COC(=O)CCC(=O)NCc2ccco2)cc1. The van der Waals surface area contributed by atoms with E-state index >= 15 is 0 Å². The molecule has 0 aliphatic heterocycles. The van der Waals surface area contributed by atoms with Crippen LogP contribution in [0.4, 0.5) is 5.69 Å². The molecule has 1 heterocycles. The highest BCUT2D eigenvalue weighted by molar-refractivity contribution is 5.94. The maximum atomic E-state index is 11.9. The van der Waals surface area contributed by atoms with Crippen LogP contribution >= 0.6 is 0 Å². The van der Waals surface area contributed by atoms with Crippen LogP contribution in [-0.2, 0) is 30.4 Å². The standard InChI is InChI=1S/C21H24N2O7/c1-2-11-29-21(27)15-5-7-16(8-6-15)23-19(25)14-30-20(26)10-9-18(24)22-13-17-4-3-12-28-17/h3-8,12H,2,9-11,13-14H2,1H3,(H,22,24)(H,23,25). The molecular weight excluding hydrogens is 392 g/mol. The van der Waals surface area contributed by atoms with Crippen molar-refractivity contribution < 1.29 is 33.1 Å². The molecule has 9 nitrogen and oxygen atoms in total. The second-order valence-corrected chi connectivity index (χ2v) is 6.28. The zero-order valence-corrected chi connectivity index (χ0v) is 16.6. The molecule has 0 saturated heterocycles. The molecule has 0 radical (unpaired) electrons.